The molecule has 68 valence electrons. The lowest BCUT2D eigenvalue weighted by Crippen LogP contribution is -2.40. The molecule has 0 aromatic carbocycles. The maximum Gasteiger partial charge on any atom is 0.0592 e. The van der Waals surface area contributed by atoms with E-state index in [2.05, 4.69) is 5.41 Å². The maximum atomic E-state index is 8.84. The lowest BCUT2D eigenvalue weighted by molar-refractivity contribution is 0.267. The lowest BCUT2D eigenvalue weighted by Gasteiger charge is -2.30. The van der Waals surface area contributed by atoms with Crippen molar-refractivity contribution in [3.63, 3.8) is 0 Å². The fourth-order valence-corrected chi connectivity index (χ4v) is 2.12. The van der Waals surface area contributed by atoms with Crippen molar-refractivity contribution in [1.82, 2.24) is 0 Å². The summed E-state index contributed by atoms with van der Waals surface area (Å²) >= 11 is 1.69. The first kappa shape index (κ1) is 9.84. The SMILES string of the molecule is CC1=CC(N)(CCO)C(C)=CS1. The molecule has 0 aromatic heterocycles. The van der Waals surface area contributed by atoms with Crippen molar-refractivity contribution in [2.75, 3.05) is 6.61 Å². The minimum Gasteiger partial charge on any atom is -0.396 e. The van der Waals surface area contributed by atoms with E-state index in [1.54, 1.807) is 11.8 Å². The van der Waals surface area contributed by atoms with Crippen molar-refractivity contribution in [3.8, 4) is 0 Å². The molecule has 1 heterocycles. The van der Waals surface area contributed by atoms with Gasteiger partial charge in [0.15, 0.2) is 0 Å². The van der Waals surface area contributed by atoms with Gasteiger partial charge in [-0.05, 0) is 36.2 Å². The van der Waals surface area contributed by atoms with Crippen molar-refractivity contribution >= 4 is 11.8 Å². The Kier molecular flexibility index (Phi) is 2.99. The molecule has 2 nitrogen and oxygen atoms in total. The topological polar surface area (TPSA) is 46.2 Å². The van der Waals surface area contributed by atoms with Crippen LogP contribution < -0.4 is 5.73 Å². The third-order valence-electron chi connectivity index (χ3n) is 2.14. The number of hydrogen-bond donors (Lipinski definition) is 2. The average Bonchev–Trinajstić information content (AvgIpc) is 1.98. The second kappa shape index (κ2) is 3.64. The van der Waals surface area contributed by atoms with Crippen LogP contribution in [-0.2, 0) is 0 Å². The van der Waals surface area contributed by atoms with Crippen molar-refractivity contribution in [2.24, 2.45) is 5.73 Å². The van der Waals surface area contributed by atoms with E-state index >= 15 is 0 Å². The van der Waals surface area contributed by atoms with Gasteiger partial charge in [-0.1, -0.05) is 6.08 Å². The third-order valence-corrected chi connectivity index (χ3v) is 3.10. The lowest BCUT2D eigenvalue weighted by atomic mass is 9.89. The van der Waals surface area contributed by atoms with Crippen molar-refractivity contribution in [1.29, 1.82) is 0 Å². The minimum absolute atomic E-state index is 0.135. The van der Waals surface area contributed by atoms with Gasteiger partial charge in [0.1, 0.15) is 0 Å². The normalized spacial score (nSPS) is 29.7. The fourth-order valence-electron chi connectivity index (χ4n) is 1.26. The molecular weight excluding hydrogens is 170 g/mol. The van der Waals surface area contributed by atoms with Crippen LogP contribution in [0.3, 0.4) is 0 Å². The molecule has 0 fully saturated rings. The number of hydrogen-bond acceptors (Lipinski definition) is 3. The minimum atomic E-state index is -0.413. The monoisotopic (exact) mass is 185 g/mol. The van der Waals surface area contributed by atoms with Gasteiger partial charge in [0.2, 0.25) is 0 Å². The molecule has 0 spiro atoms. The Morgan fingerprint density at radius 3 is 2.83 bits per heavy atom. The molecule has 1 aliphatic heterocycles. The first-order chi connectivity index (χ1) is 5.58. The van der Waals surface area contributed by atoms with Crippen LogP contribution in [-0.4, -0.2) is 17.3 Å². The molecule has 1 unspecified atom stereocenters. The molecule has 1 atom stereocenters. The first-order valence-electron chi connectivity index (χ1n) is 4.01. The molecule has 0 amide bonds. The summed E-state index contributed by atoms with van der Waals surface area (Å²) < 4.78 is 0. The number of allylic oxidation sites excluding steroid dienone is 1. The van der Waals surface area contributed by atoms with Crippen LogP contribution in [0.15, 0.2) is 22.0 Å². The Hall–Kier alpha value is -0.250. The van der Waals surface area contributed by atoms with Gasteiger partial charge in [-0.25, -0.2) is 0 Å². The average molecular weight is 185 g/mol. The standard InChI is InChI=1S/C9H15NOS/c1-7-6-12-8(2)5-9(7,10)3-4-11/h5-6,11H,3-4,10H2,1-2H3. The molecule has 3 N–H and O–H groups in total. The largest absolute Gasteiger partial charge is 0.396 e. The van der Waals surface area contributed by atoms with Gasteiger partial charge < -0.3 is 10.8 Å². The van der Waals surface area contributed by atoms with Crippen molar-refractivity contribution in [3.05, 3.63) is 22.0 Å². The van der Waals surface area contributed by atoms with E-state index in [1.807, 2.05) is 19.9 Å². The molecule has 12 heavy (non-hydrogen) atoms. The van der Waals surface area contributed by atoms with Gasteiger partial charge >= 0.3 is 0 Å². The Bertz CT molecular complexity index is 235. The molecule has 0 radical (unpaired) electrons. The molecule has 1 rings (SSSR count). The first-order valence-corrected chi connectivity index (χ1v) is 4.89. The van der Waals surface area contributed by atoms with Crippen LogP contribution in [0.1, 0.15) is 20.3 Å². The van der Waals surface area contributed by atoms with Gasteiger partial charge in [-0.15, -0.1) is 11.8 Å². The van der Waals surface area contributed by atoms with Gasteiger partial charge in [-0.2, -0.15) is 0 Å². The van der Waals surface area contributed by atoms with E-state index in [4.69, 9.17) is 10.8 Å². The van der Waals surface area contributed by atoms with Crippen LogP contribution in [0.25, 0.3) is 0 Å². The number of rotatable bonds is 2. The Morgan fingerprint density at radius 2 is 2.25 bits per heavy atom. The Labute approximate surface area is 77.5 Å². The predicted molar refractivity (Wildman–Crippen MR) is 53.7 cm³/mol. The zero-order chi connectivity index (χ0) is 9.19. The molecule has 0 saturated heterocycles. The zero-order valence-electron chi connectivity index (χ0n) is 7.50. The van der Waals surface area contributed by atoms with E-state index in [9.17, 15) is 0 Å². The van der Waals surface area contributed by atoms with Gasteiger partial charge in [0.05, 0.1) is 5.54 Å². The molecule has 0 saturated carbocycles. The summed E-state index contributed by atoms with van der Waals surface area (Å²) in [6, 6.07) is 0. The maximum absolute atomic E-state index is 8.84. The van der Waals surface area contributed by atoms with Crippen LogP contribution >= 0.6 is 11.8 Å². The van der Waals surface area contributed by atoms with Crippen LogP contribution in [0.2, 0.25) is 0 Å². The summed E-state index contributed by atoms with van der Waals surface area (Å²) in [6.45, 7) is 4.17. The number of aliphatic hydroxyl groups is 1. The van der Waals surface area contributed by atoms with Crippen molar-refractivity contribution in [2.45, 2.75) is 25.8 Å². The van der Waals surface area contributed by atoms with Crippen LogP contribution in [0, 0.1) is 0 Å². The summed E-state index contributed by atoms with van der Waals surface area (Å²) in [4.78, 5) is 1.21. The molecule has 0 aromatic rings. The van der Waals surface area contributed by atoms with Gasteiger partial charge in [-0.3, -0.25) is 0 Å². The highest BCUT2D eigenvalue weighted by molar-refractivity contribution is 8.05. The number of nitrogens with two attached hydrogens (primary N) is 1. The van der Waals surface area contributed by atoms with E-state index in [0.717, 1.165) is 5.57 Å². The van der Waals surface area contributed by atoms with Crippen LogP contribution in [0.5, 0.6) is 0 Å². The molecular formula is C9H15NOS. The molecule has 0 aliphatic carbocycles. The quantitative estimate of drug-likeness (QED) is 0.687. The Morgan fingerprint density at radius 1 is 1.58 bits per heavy atom. The summed E-state index contributed by atoms with van der Waals surface area (Å²) in [5.74, 6) is 0. The van der Waals surface area contributed by atoms with Crippen LogP contribution in [0.4, 0.5) is 0 Å². The van der Waals surface area contributed by atoms with E-state index < -0.39 is 5.54 Å². The molecule has 0 bridgehead atoms. The van der Waals surface area contributed by atoms with E-state index in [1.165, 1.54) is 4.91 Å². The van der Waals surface area contributed by atoms with Gasteiger partial charge in [0.25, 0.3) is 0 Å². The number of thioether (sulfide) groups is 1. The summed E-state index contributed by atoms with van der Waals surface area (Å²) in [5, 5.41) is 10.9. The fraction of sp³-hybridized carbons (Fsp3) is 0.556. The second-order valence-electron chi connectivity index (χ2n) is 3.19. The van der Waals surface area contributed by atoms with Crippen molar-refractivity contribution < 1.29 is 5.11 Å². The summed E-state index contributed by atoms with van der Waals surface area (Å²) in [6.07, 6.45) is 2.64. The summed E-state index contributed by atoms with van der Waals surface area (Å²) in [7, 11) is 0. The highest BCUT2D eigenvalue weighted by atomic mass is 32.2. The summed E-state index contributed by atoms with van der Waals surface area (Å²) in [5.41, 5.74) is 6.80. The molecule has 3 heteroatoms. The van der Waals surface area contributed by atoms with Gasteiger partial charge in [0, 0.05) is 6.61 Å². The molecule has 1 aliphatic rings. The highest BCUT2D eigenvalue weighted by Gasteiger charge is 2.26. The second-order valence-corrected chi connectivity index (χ2v) is 4.30. The van der Waals surface area contributed by atoms with E-state index in [-0.39, 0.29) is 6.61 Å². The predicted octanol–water partition coefficient (Wildman–Crippen LogP) is 1.62. The Balaban J connectivity index is 2.84. The third kappa shape index (κ3) is 1.91. The smallest absolute Gasteiger partial charge is 0.0592 e. The highest BCUT2D eigenvalue weighted by Crippen LogP contribution is 2.33. The zero-order valence-corrected chi connectivity index (χ0v) is 8.32. The number of aliphatic hydroxyl groups excluding tert-OH is 1. The van der Waals surface area contributed by atoms with E-state index in [0.29, 0.717) is 6.42 Å².